The van der Waals surface area contributed by atoms with E-state index in [4.69, 9.17) is 4.74 Å². The Bertz CT molecular complexity index is 765. The normalized spacial score (nSPS) is 15.8. The van der Waals surface area contributed by atoms with Crippen LogP contribution in [0.2, 0.25) is 0 Å². The molecular weight excluding hydrogens is 306 g/mol. The maximum absolute atomic E-state index is 12.6. The van der Waals surface area contributed by atoms with Gasteiger partial charge in [-0.3, -0.25) is 19.3 Å². The number of benzene rings is 2. The van der Waals surface area contributed by atoms with Gasteiger partial charge in [-0.2, -0.15) is 0 Å². The summed E-state index contributed by atoms with van der Waals surface area (Å²) in [6, 6.07) is 15.2. The summed E-state index contributed by atoms with van der Waals surface area (Å²) in [7, 11) is 0. The second kappa shape index (κ2) is 6.28. The van der Waals surface area contributed by atoms with Gasteiger partial charge in [-0.1, -0.05) is 42.5 Å². The first-order chi connectivity index (χ1) is 11.5. The highest BCUT2D eigenvalue weighted by molar-refractivity contribution is 6.21. The lowest BCUT2D eigenvalue weighted by molar-refractivity contribution is -0.149. The van der Waals surface area contributed by atoms with Crippen molar-refractivity contribution in [2.75, 3.05) is 0 Å². The molecule has 0 bridgehead atoms. The summed E-state index contributed by atoms with van der Waals surface area (Å²) in [5.74, 6) is -1.19. The van der Waals surface area contributed by atoms with Gasteiger partial charge in [-0.25, -0.2) is 0 Å². The minimum Gasteiger partial charge on any atom is -0.455 e. The van der Waals surface area contributed by atoms with Crippen LogP contribution in [0.15, 0.2) is 54.6 Å². The van der Waals surface area contributed by atoms with E-state index in [1.165, 1.54) is 11.8 Å². The van der Waals surface area contributed by atoms with Gasteiger partial charge in [0, 0.05) is 6.92 Å². The molecule has 0 saturated carbocycles. The van der Waals surface area contributed by atoms with Crippen LogP contribution in [0.4, 0.5) is 0 Å². The Kier molecular flexibility index (Phi) is 4.16. The number of fused-ring (bicyclic) bond motifs is 1. The maximum Gasteiger partial charge on any atom is 0.303 e. The lowest BCUT2D eigenvalue weighted by Gasteiger charge is -2.30. The zero-order chi connectivity index (χ0) is 17.3. The highest BCUT2D eigenvalue weighted by Crippen LogP contribution is 2.31. The van der Waals surface area contributed by atoms with Gasteiger partial charge >= 0.3 is 5.97 Å². The van der Waals surface area contributed by atoms with Gasteiger partial charge in [0.15, 0.2) is 0 Å². The fourth-order valence-electron chi connectivity index (χ4n) is 2.98. The van der Waals surface area contributed by atoms with Gasteiger partial charge in [0.25, 0.3) is 11.8 Å². The van der Waals surface area contributed by atoms with Gasteiger partial charge in [0.2, 0.25) is 0 Å². The largest absolute Gasteiger partial charge is 0.455 e. The second-order valence-corrected chi connectivity index (χ2v) is 5.71. The molecule has 0 spiro atoms. The molecular formula is C19H17NO4. The summed E-state index contributed by atoms with van der Waals surface area (Å²) in [6.07, 6.45) is -0.717. The molecule has 0 radical (unpaired) electrons. The summed E-state index contributed by atoms with van der Waals surface area (Å²) in [5.41, 5.74) is 1.49. The predicted molar refractivity (Wildman–Crippen MR) is 87.4 cm³/mol. The van der Waals surface area contributed by atoms with Crippen molar-refractivity contribution in [2.45, 2.75) is 26.0 Å². The van der Waals surface area contributed by atoms with Crippen molar-refractivity contribution in [2.24, 2.45) is 0 Å². The van der Waals surface area contributed by atoms with Crippen LogP contribution in [0.1, 0.15) is 46.2 Å². The smallest absolute Gasteiger partial charge is 0.303 e. The van der Waals surface area contributed by atoms with Gasteiger partial charge < -0.3 is 4.74 Å². The number of ether oxygens (including phenoxy) is 1. The Morgan fingerprint density at radius 1 is 0.917 bits per heavy atom. The molecule has 2 aromatic carbocycles. The molecule has 0 fully saturated rings. The van der Waals surface area contributed by atoms with E-state index >= 15 is 0 Å². The van der Waals surface area contributed by atoms with Crippen molar-refractivity contribution in [3.8, 4) is 0 Å². The third-order valence-corrected chi connectivity index (χ3v) is 4.09. The van der Waals surface area contributed by atoms with Crippen LogP contribution in [0.25, 0.3) is 0 Å². The molecule has 1 aliphatic rings. The minimum atomic E-state index is -0.717. The van der Waals surface area contributed by atoms with Crippen LogP contribution in [0.3, 0.4) is 0 Å². The molecule has 122 valence electrons. The molecule has 2 aromatic rings. The topological polar surface area (TPSA) is 63.7 Å². The molecule has 0 N–H and O–H groups in total. The third-order valence-electron chi connectivity index (χ3n) is 4.09. The minimum absolute atomic E-state index is 0.365. The highest BCUT2D eigenvalue weighted by atomic mass is 16.5. The predicted octanol–water partition coefficient (Wildman–Crippen LogP) is 2.98. The van der Waals surface area contributed by atoms with Crippen LogP contribution in [0, 0.1) is 0 Å². The first-order valence-electron chi connectivity index (χ1n) is 7.70. The molecule has 0 unspecified atom stereocenters. The number of nitrogens with zero attached hydrogens (tertiary/aromatic N) is 1. The number of hydrogen-bond donors (Lipinski definition) is 0. The van der Waals surface area contributed by atoms with Crippen molar-refractivity contribution in [3.05, 3.63) is 71.3 Å². The van der Waals surface area contributed by atoms with Crippen molar-refractivity contribution in [1.29, 1.82) is 0 Å². The molecule has 1 heterocycles. The average molecular weight is 323 g/mol. The number of esters is 1. The number of imide groups is 1. The SMILES string of the molecule is CC(=O)O[C@H](c1ccccc1)[C@H](C)N1C(=O)c2ccccc2C1=O. The molecule has 5 nitrogen and oxygen atoms in total. The standard InChI is InChI=1S/C19H17NO4/c1-12(17(24-13(2)21)14-8-4-3-5-9-14)20-18(22)15-10-6-7-11-16(15)19(20)23/h3-12,17H,1-2H3/t12-,17-/m0/s1. The van der Waals surface area contributed by atoms with Gasteiger partial charge in [0.1, 0.15) is 6.10 Å². The lowest BCUT2D eigenvalue weighted by Crippen LogP contribution is -2.42. The molecule has 1 aliphatic heterocycles. The van der Waals surface area contributed by atoms with Crippen molar-refractivity contribution in [1.82, 2.24) is 4.90 Å². The summed E-state index contributed by atoms with van der Waals surface area (Å²) >= 11 is 0. The monoisotopic (exact) mass is 323 g/mol. The van der Waals surface area contributed by atoms with Crippen LogP contribution < -0.4 is 0 Å². The maximum atomic E-state index is 12.6. The number of carbonyl (C=O) groups excluding carboxylic acids is 3. The molecule has 0 aliphatic carbocycles. The number of carbonyl (C=O) groups is 3. The second-order valence-electron chi connectivity index (χ2n) is 5.71. The summed E-state index contributed by atoms with van der Waals surface area (Å²) in [4.78, 5) is 38.0. The van der Waals surface area contributed by atoms with E-state index in [2.05, 4.69) is 0 Å². The molecule has 3 rings (SSSR count). The van der Waals surface area contributed by atoms with Gasteiger partial charge in [0.05, 0.1) is 17.2 Å². The van der Waals surface area contributed by atoms with Crippen molar-refractivity contribution >= 4 is 17.8 Å². The number of rotatable bonds is 4. The zero-order valence-electron chi connectivity index (χ0n) is 13.4. The Labute approximate surface area is 139 Å². The summed E-state index contributed by atoms with van der Waals surface area (Å²) in [6.45, 7) is 3.02. The molecule has 0 saturated heterocycles. The van der Waals surface area contributed by atoms with E-state index in [9.17, 15) is 14.4 Å². The Morgan fingerprint density at radius 3 is 1.92 bits per heavy atom. The van der Waals surface area contributed by atoms with E-state index in [0.717, 1.165) is 5.56 Å². The highest BCUT2D eigenvalue weighted by Gasteiger charge is 2.42. The lowest BCUT2D eigenvalue weighted by atomic mass is 10.0. The number of hydrogen-bond acceptors (Lipinski definition) is 4. The first kappa shape index (κ1) is 15.9. The summed E-state index contributed by atoms with van der Waals surface area (Å²) in [5, 5.41) is 0. The average Bonchev–Trinajstić information content (AvgIpc) is 2.84. The number of amides is 2. The van der Waals surface area contributed by atoms with E-state index < -0.39 is 18.1 Å². The molecule has 2 amide bonds. The van der Waals surface area contributed by atoms with Gasteiger partial charge in [-0.15, -0.1) is 0 Å². The van der Waals surface area contributed by atoms with Crippen molar-refractivity contribution in [3.63, 3.8) is 0 Å². The first-order valence-corrected chi connectivity index (χ1v) is 7.70. The fourth-order valence-corrected chi connectivity index (χ4v) is 2.98. The third kappa shape index (κ3) is 2.69. The quantitative estimate of drug-likeness (QED) is 0.641. The van der Waals surface area contributed by atoms with E-state index in [1.807, 2.05) is 30.3 Å². The van der Waals surface area contributed by atoms with E-state index in [-0.39, 0.29) is 11.8 Å². The van der Waals surface area contributed by atoms with Crippen LogP contribution in [-0.4, -0.2) is 28.7 Å². The molecule has 5 heteroatoms. The van der Waals surface area contributed by atoms with Crippen LogP contribution in [0.5, 0.6) is 0 Å². The Hall–Kier alpha value is -2.95. The van der Waals surface area contributed by atoms with Crippen molar-refractivity contribution < 1.29 is 19.1 Å². The molecule has 2 atom stereocenters. The van der Waals surface area contributed by atoms with Crippen LogP contribution >= 0.6 is 0 Å². The molecule has 0 aromatic heterocycles. The Morgan fingerprint density at radius 2 is 1.42 bits per heavy atom. The zero-order valence-corrected chi connectivity index (χ0v) is 13.4. The van der Waals surface area contributed by atoms with E-state index in [0.29, 0.717) is 11.1 Å². The fraction of sp³-hybridized carbons (Fsp3) is 0.211. The van der Waals surface area contributed by atoms with Gasteiger partial charge in [-0.05, 0) is 24.6 Å². The van der Waals surface area contributed by atoms with E-state index in [1.54, 1.807) is 31.2 Å². The Balaban J connectivity index is 1.97. The molecule has 24 heavy (non-hydrogen) atoms. The van der Waals surface area contributed by atoms with Crippen LogP contribution in [-0.2, 0) is 9.53 Å². The summed E-state index contributed by atoms with van der Waals surface area (Å²) < 4.78 is 5.42.